The number of Topliss-reactive ketones (excluding diaryl/α,β-unsaturated/α-hetero) is 1. The second-order valence-electron chi connectivity index (χ2n) is 5.77. The molecule has 0 atom stereocenters. The largest absolute Gasteiger partial charge is 0.292 e. The molecule has 1 fully saturated rings. The molecular formula is C18H18ClNO. The van der Waals surface area contributed by atoms with Crippen molar-refractivity contribution in [2.24, 2.45) is 5.41 Å². The van der Waals surface area contributed by atoms with Gasteiger partial charge in [-0.1, -0.05) is 42.3 Å². The molecule has 1 aromatic heterocycles. The second-order valence-corrected chi connectivity index (χ2v) is 6.18. The Morgan fingerprint density at radius 2 is 1.90 bits per heavy atom. The summed E-state index contributed by atoms with van der Waals surface area (Å²) in [7, 11) is 0. The van der Waals surface area contributed by atoms with Crippen LogP contribution in [0.2, 0.25) is 5.02 Å². The Labute approximate surface area is 130 Å². The molecule has 0 aliphatic heterocycles. The van der Waals surface area contributed by atoms with Crippen LogP contribution in [0, 0.1) is 5.41 Å². The van der Waals surface area contributed by atoms with E-state index in [1.165, 1.54) is 0 Å². The molecule has 0 N–H and O–H groups in total. The molecule has 3 rings (SSSR count). The molecule has 1 aliphatic carbocycles. The molecule has 0 bridgehead atoms. The highest BCUT2D eigenvalue weighted by molar-refractivity contribution is 6.31. The zero-order valence-electron chi connectivity index (χ0n) is 11.9. The van der Waals surface area contributed by atoms with Gasteiger partial charge in [-0.3, -0.25) is 9.78 Å². The molecule has 0 spiro atoms. The molecule has 1 aliphatic rings. The maximum atomic E-state index is 12.8. The van der Waals surface area contributed by atoms with E-state index in [0.717, 1.165) is 42.7 Å². The van der Waals surface area contributed by atoms with Crippen molar-refractivity contribution in [3.05, 3.63) is 64.9 Å². The molecule has 0 amide bonds. The predicted octanol–water partition coefficient (Wildman–Crippen LogP) is 4.72. The highest BCUT2D eigenvalue weighted by Gasteiger charge is 2.44. The molecular weight excluding hydrogens is 282 g/mol. The van der Waals surface area contributed by atoms with E-state index in [0.29, 0.717) is 5.69 Å². The maximum Gasteiger partial charge on any atom is 0.187 e. The van der Waals surface area contributed by atoms with Crippen LogP contribution in [-0.2, 0) is 6.42 Å². The van der Waals surface area contributed by atoms with E-state index in [1.807, 2.05) is 42.5 Å². The molecule has 3 heteroatoms. The Morgan fingerprint density at radius 3 is 2.52 bits per heavy atom. The highest BCUT2D eigenvalue weighted by Crippen LogP contribution is 2.47. The molecule has 2 aromatic rings. The lowest BCUT2D eigenvalue weighted by molar-refractivity contribution is 0.0575. The van der Waals surface area contributed by atoms with Crippen molar-refractivity contribution < 1.29 is 4.79 Å². The van der Waals surface area contributed by atoms with E-state index in [4.69, 9.17) is 11.6 Å². The number of carbonyl (C=O) groups is 1. The summed E-state index contributed by atoms with van der Waals surface area (Å²) in [5, 5.41) is 0.789. The average Bonchev–Trinajstić information content (AvgIpc) is 2.48. The van der Waals surface area contributed by atoms with Gasteiger partial charge >= 0.3 is 0 Å². The molecule has 0 radical (unpaired) electrons. The van der Waals surface area contributed by atoms with Crippen molar-refractivity contribution in [2.75, 3.05) is 0 Å². The first-order chi connectivity index (χ1) is 10.2. The fourth-order valence-corrected chi connectivity index (χ4v) is 3.27. The number of aromatic nitrogens is 1. The topological polar surface area (TPSA) is 30.0 Å². The Kier molecular flexibility index (Phi) is 4.07. The standard InChI is InChI=1S/C18H18ClNO/c19-15-7-2-1-6-14(15)9-12-18(10-5-11-18)17(21)16-8-3-4-13-20-16/h1-4,6-8,13H,5,9-12H2. The smallest absolute Gasteiger partial charge is 0.187 e. The van der Waals surface area contributed by atoms with Gasteiger partial charge in [0.2, 0.25) is 0 Å². The quantitative estimate of drug-likeness (QED) is 0.748. The van der Waals surface area contributed by atoms with Gasteiger partial charge in [-0.2, -0.15) is 0 Å². The Balaban J connectivity index is 1.75. The number of carbonyl (C=O) groups excluding carboxylic acids is 1. The number of aryl methyl sites for hydroxylation is 1. The third kappa shape index (κ3) is 2.86. The van der Waals surface area contributed by atoms with Gasteiger partial charge in [-0.05, 0) is 49.4 Å². The summed E-state index contributed by atoms with van der Waals surface area (Å²) in [6, 6.07) is 13.4. The van der Waals surface area contributed by atoms with E-state index in [9.17, 15) is 4.79 Å². The Bertz CT molecular complexity index is 635. The third-order valence-electron chi connectivity index (χ3n) is 4.52. The van der Waals surface area contributed by atoms with Gasteiger partial charge in [-0.15, -0.1) is 0 Å². The van der Waals surface area contributed by atoms with Crippen LogP contribution in [0.25, 0.3) is 0 Å². The van der Waals surface area contributed by atoms with Crippen molar-refractivity contribution in [1.29, 1.82) is 0 Å². The van der Waals surface area contributed by atoms with Crippen LogP contribution in [0.4, 0.5) is 0 Å². The summed E-state index contributed by atoms with van der Waals surface area (Å²) < 4.78 is 0. The van der Waals surface area contributed by atoms with Gasteiger partial charge in [-0.25, -0.2) is 0 Å². The first kappa shape index (κ1) is 14.3. The van der Waals surface area contributed by atoms with Crippen molar-refractivity contribution in [2.45, 2.75) is 32.1 Å². The SMILES string of the molecule is O=C(c1ccccn1)C1(CCc2ccccc2Cl)CCC1. The van der Waals surface area contributed by atoms with Crippen molar-refractivity contribution in [3.8, 4) is 0 Å². The van der Waals surface area contributed by atoms with E-state index in [2.05, 4.69) is 4.98 Å². The number of hydrogen-bond acceptors (Lipinski definition) is 2. The normalized spacial score (nSPS) is 16.2. The fourth-order valence-electron chi connectivity index (χ4n) is 3.04. The van der Waals surface area contributed by atoms with Gasteiger partial charge in [0.25, 0.3) is 0 Å². The van der Waals surface area contributed by atoms with Gasteiger partial charge in [0.15, 0.2) is 5.78 Å². The molecule has 21 heavy (non-hydrogen) atoms. The molecule has 1 saturated carbocycles. The summed E-state index contributed by atoms with van der Waals surface area (Å²) >= 11 is 6.21. The molecule has 1 aromatic carbocycles. The summed E-state index contributed by atoms with van der Waals surface area (Å²) in [5.41, 5.74) is 1.49. The Hall–Kier alpha value is -1.67. The Morgan fingerprint density at radius 1 is 1.14 bits per heavy atom. The monoisotopic (exact) mass is 299 g/mol. The molecule has 1 heterocycles. The number of nitrogens with zero attached hydrogens (tertiary/aromatic N) is 1. The molecule has 0 saturated heterocycles. The molecule has 0 unspecified atom stereocenters. The first-order valence-corrected chi connectivity index (χ1v) is 7.78. The van der Waals surface area contributed by atoms with Crippen molar-refractivity contribution >= 4 is 17.4 Å². The van der Waals surface area contributed by atoms with E-state index < -0.39 is 0 Å². The summed E-state index contributed by atoms with van der Waals surface area (Å²) in [4.78, 5) is 17.0. The van der Waals surface area contributed by atoms with Crippen LogP contribution < -0.4 is 0 Å². The summed E-state index contributed by atoms with van der Waals surface area (Å²) in [5.74, 6) is 0.196. The number of pyridine rings is 1. The number of ketones is 1. The molecule has 2 nitrogen and oxygen atoms in total. The maximum absolute atomic E-state index is 12.8. The van der Waals surface area contributed by atoms with Crippen LogP contribution >= 0.6 is 11.6 Å². The lowest BCUT2D eigenvalue weighted by Gasteiger charge is -2.40. The van der Waals surface area contributed by atoms with Crippen LogP contribution in [0.15, 0.2) is 48.7 Å². The van der Waals surface area contributed by atoms with Crippen LogP contribution in [0.3, 0.4) is 0 Å². The number of halogens is 1. The summed E-state index contributed by atoms with van der Waals surface area (Å²) in [6.07, 6.45) is 6.44. The van der Waals surface area contributed by atoms with Crippen molar-refractivity contribution in [3.63, 3.8) is 0 Å². The van der Waals surface area contributed by atoms with E-state index in [-0.39, 0.29) is 11.2 Å². The number of benzene rings is 1. The van der Waals surface area contributed by atoms with Crippen molar-refractivity contribution in [1.82, 2.24) is 4.98 Å². The van der Waals surface area contributed by atoms with Gasteiger partial charge < -0.3 is 0 Å². The van der Waals surface area contributed by atoms with Gasteiger partial charge in [0, 0.05) is 16.6 Å². The van der Waals surface area contributed by atoms with Gasteiger partial charge in [0.05, 0.1) is 0 Å². The third-order valence-corrected chi connectivity index (χ3v) is 4.89. The number of rotatable bonds is 5. The minimum Gasteiger partial charge on any atom is -0.292 e. The minimum atomic E-state index is -0.229. The van der Waals surface area contributed by atoms with E-state index >= 15 is 0 Å². The van der Waals surface area contributed by atoms with Crippen LogP contribution in [-0.4, -0.2) is 10.8 Å². The fraction of sp³-hybridized carbons (Fsp3) is 0.333. The minimum absolute atomic E-state index is 0.196. The predicted molar refractivity (Wildman–Crippen MR) is 84.6 cm³/mol. The van der Waals surface area contributed by atoms with Gasteiger partial charge in [0.1, 0.15) is 5.69 Å². The average molecular weight is 300 g/mol. The zero-order valence-corrected chi connectivity index (χ0v) is 12.6. The lowest BCUT2D eigenvalue weighted by atomic mass is 9.62. The second kappa shape index (κ2) is 5.98. The summed E-state index contributed by atoms with van der Waals surface area (Å²) in [6.45, 7) is 0. The molecule has 108 valence electrons. The highest BCUT2D eigenvalue weighted by atomic mass is 35.5. The zero-order chi connectivity index (χ0) is 14.7. The van der Waals surface area contributed by atoms with Crippen LogP contribution in [0.1, 0.15) is 41.7 Å². The van der Waals surface area contributed by atoms with E-state index in [1.54, 1.807) is 6.20 Å². The first-order valence-electron chi connectivity index (χ1n) is 7.41. The lowest BCUT2D eigenvalue weighted by Crippen LogP contribution is -2.39. The number of hydrogen-bond donors (Lipinski definition) is 0. The van der Waals surface area contributed by atoms with Crippen LogP contribution in [0.5, 0.6) is 0 Å².